The molecule has 0 aromatic heterocycles. The maximum atomic E-state index is 2.76. The van der Waals surface area contributed by atoms with Crippen molar-refractivity contribution in [3.8, 4) is 0 Å². The van der Waals surface area contributed by atoms with Gasteiger partial charge >= 0.3 is 0 Å². The van der Waals surface area contributed by atoms with E-state index in [2.05, 4.69) is 279 Å². The molecule has 0 saturated heterocycles. The fourth-order valence-corrected chi connectivity index (χ4v) is 14.5. The molecular formula is C71H75BN4. The van der Waals surface area contributed by atoms with Crippen LogP contribution in [0.25, 0.3) is 0 Å². The number of anilines is 11. The molecule has 2 unspecified atom stereocenters. The third-order valence-corrected chi connectivity index (χ3v) is 19.1. The van der Waals surface area contributed by atoms with Crippen molar-refractivity contribution in [2.24, 2.45) is 0 Å². The number of hydrogen-bond acceptors (Lipinski definition) is 4. The molecule has 382 valence electrons. The molecule has 5 heteroatoms. The third-order valence-electron chi connectivity index (χ3n) is 19.1. The number of benzene rings is 8. The largest absolute Gasteiger partial charge is 0.334 e. The SMILES string of the molecule is CC(C)(C)c1ccc(N(c2ccc(C(C)(C)C)cc2)c2cc3c4c(c2)N2c5ccccc5C(C)(C)c5cccc(c52)B4c2ccc(N4c5ccccc5C5(C)CCCCC45C)cc2N3c2ccc(C(C)(C)C)cc2)cc1. The summed E-state index contributed by atoms with van der Waals surface area (Å²) in [6, 6.07) is 66.6. The number of hydrogen-bond donors (Lipinski definition) is 0. The van der Waals surface area contributed by atoms with Crippen molar-refractivity contribution in [3.05, 3.63) is 203 Å². The zero-order chi connectivity index (χ0) is 53.1. The molecule has 4 nitrogen and oxygen atoms in total. The van der Waals surface area contributed by atoms with Gasteiger partial charge in [0.25, 0.3) is 6.71 Å². The summed E-state index contributed by atoms with van der Waals surface area (Å²) < 4.78 is 0. The van der Waals surface area contributed by atoms with Crippen molar-refractivity contribution in [3.63, 3.8) is 0 Å². The number of rotatable bonds is 5. The Morgan fingerprint density at radius 2 is 0.934 bits per heavy atom. The minimum Gasteiger partial charge on any atom is -0.334 e. The van der Waals surface area contributed by atoms with E-state index in [1.165, 1.54) is 109 Å². The maximum Gasteiger partial charge on any atom is 0.252 e. The van der Waals surface area contributed by atoms with Crippen molar-refractivity contribution >= 4 is 85.7 Å². The zero-order valence-corrected chi connectivity index (χ0v) is 47.4. The van der Waals surface area contributed by atoms with Crippen molar-refractivity contribution in [1.82, 2.24) is 0 Å². The molecule has 0 N–H and O–H groups in total. The van der Waals surface area contributed by atoms with Gasteiger partial charge < -0.3 is 19.6 Å². The summed E-state index contributed by atoms with van der Waals surface area (Å²) in [5, 5.41) is 0. The van der Waals surface area contributed by atoms with Crippen LogP contribution in [0.15, 0.2) is 170 Å². The van der Waals surface area contributed by atoms with E-state index in [0.717, 1.165) is 29.2 Å². The van der Waals surface area contributed by atoms with E-state index in [1.807, 2.05) is 0 Å². The molecule has 0 spiro atoms. The number of para-hydroxylation sites is 3. The van der Waals surface area contributed by atoms with E-state index in [-0.39, 0.29) is 39.3 Å². The summed E-state index contributed by atoms with van der Waals surface area (Å²) in [7, 11) is 0. The average Bonchev–Trinajstić information content (AvgIpc) is 3.62. The fourth-order valence-electron chi connectivity index (χ4n) is 14.5. The second-order valence-electron chi connectivity index (χ2n) is 27.0. The molecule has 1 aliphatic carbocycles. The van der Waals surface area contributed by atoms with Crippen LogP contribution in [0.3, 0.4) is 0 Å². The first-order valence-corrected chi connectivity index (χ1v) is 28.3. The summed E-state index contributed by atoms with van der Waals surface area (Å²) in [6.07, 6.45) is 4.84. The lowest BCUT2D eigenvalue weighted by molar-refractivity contribution is 0.195. The topological polar surface area (TPSA) is 13.0 Å². The van der Waals surface area contributed by atoms with Crippen LogP contribution in [0, 0.1) is 0 Å². The van der Waals surface area contributed by atoms with Crippen molar-refractivity contribution in [2.45, 2.75) is 148 Å². The highest BCUT2D eigenvalue weighted by Gasteiger charge is 2.58. The Morgan fingerprint density at radius 3 is 1.54 bits per heavy atom. The van der Waals surface area contributed by atoms with Gasteiger partial charge in [0.15, 0.2) is 0 Å². The Bertz CT molecular complexity index is 3570. The summed E-state index contributed by atoms with van der Waals surface area (Å²) in [5.41, 5.74) is 25.4. The lowest BCUT2D eigenvalue weighted by Crippen LogP contribution is -2.62. The molecule has 1 saturated carbocycles. The Morgan fingerprint density at radius 1 is 0.421 bits per heavy atom. The number of nitrogens with zero attached hydrogens (tertiary/aromatic N) is 4. The normalized spacial score (nSPS) is 19.8. The maximum absolute atomic E-state index is 2.76. The lowest BCUT2D eigenvalue weighted by Gasteiger charge is -2.51. The summed E-state index contributed by atoms with van der Waals surface area (Å²) in [6.45, 7) is 30.8. The average molecular weight is 995 g/mol. The van der Waals surface area contributed by atoms with E-state index >= 15 is 0 Å². The Balaban J connectivity index is 1.13. The van der Waals surface area contributed by atoms with Gasteiger partial charge in [-0.3, -0.25) is 0 Å². The van der Waals surface area contributed by atoms with Gasteiger partial charge in [-0.05, 0) is 159 Å². The van der Waals surface area contributed by atoms with E-state index in [0.29, 0.717) is 0 Å². The molecule has 8 aromatic carbocycles. The summed E-state index contributed by atoms with van der Waals surface area (Å²) in [4.78, 5) is 10.6. The van der Waals surface area contributed by atoms with Crippen molar-refractivity contribution < 1.29 is 0 Å². The fraction of sp³-hybridized carbons (Fsp3) is 0.324. The van der Waals surface area contributed by atoms with Gasteiger partial charge in [-0.25, -0.2) is 0 Å². The van der Waals surface area contributed by atoms with Gasteiger partial charge in [0.2, 0.25) is 0 Å². The Labute approximate surface area is 454 Å². The van der Waals surface area contributed by atoms with E-state index in [9.17, 15) is 0 Å². The first kappa shape index (κ1) is 48.7. The Kier molecular flexibility index (Phi) is 10.6. The van der Waals surface area contributed by atoms with Gasteiger partial charge in [-0.1, -0.05) is 193 Å². The quantitative estimate of drug-likeness (QED) is 0.159. The monoisotopic (exact) mass is 995 g/mol. The minimum absolute atomic E-state index is 0.00332. The molecule has 1 fully saturated rings. The molecular weight excluding hydrogens is 920 g/mol. The van der Waals surface area contributed by atoms with E-state index in [4.69, 9.17) is 0 Å². The molecule has 13 rings (SSSR count). The lowest BCUT2D eigenvalue weighted by atomic mass is 9.33. The van der Waals surface area contributed by atoms with Crippen LogP contribution in [0.2, 0.25) is 0 Å². The molecule has 8 aromatic rings. The van der Waals surface area contributed by atoms with Gasteiger partial charge in [0.1, 0.15) is 0 Å². The molecule has 2 atom stereocenters. The van der Waals surface area contributed by atoms with Gasteiger partial charge in [0, 0.05) is 62.0 Å². The van der Waals surface area contributed by atoms with E-state index in [1.54, 1.807) is 0 Å². The summed E-state index contributed by atoms with van der Waals surface area (Å²) in [5.74, 6) is 0. The highest BCUT2D eigenvalue weighted by atomic mass is 15.3. The second kappa shape index (κ2) is 16.5. The van der Waals surface area contributed by atoms with Crippen LogP contribution in [0.1, 0.15) is 149 Å². The van der Waals surface area contributed by atoms with Gasteiger partial charge in [0.05, 0.1) is 16.9 Å². The molecule has 0 amide bonds. The molecule has 5 aliphatic rings. The predicted octanol–water partition coefficient (Wildman–Crippen LogP) is 17.5. The highest BCUT2D eigenvalue weighted by Crippen LogP contribution is 2.62. The Hall–Kier alpha value is -6.98. The van der Waals surface area contributed by atoms with Crippen LogP contribution in [0.5, 0.6) is 0 Å². The van der Waals surface area contributed by atoms with Crippen LogP contribution < -0.4 is 36.0 Å². The third kappa shape index (κ3) is 7.02. The second-order valence-corrected chi connectivity index (χ2v) is 27.0. The molecule has 76 heavy (non-hydrogen) atoms. The van der Waals surface area contributed by atoms with Crippen LogP contribution >= 0.6 is 0 Å². The molecule has 0 bridgehead atoms. The smallest absolute Gasteiger partial charge is 0.252 e. The minimum atomic E-state index is -0.223. The van der Waals surface area contributed by atoms with Crippen LogP contribution in [0.4, 0.5) is 62.6 Å². The molecule has 0 radical (unpaired) electrons. The first-order valence-electron chi connectivity index (χ1n) is 28.3. The standard InChI is InChI=1S/C71H75BN4/c1-66(2,3)46-27-33-49(34-28-46)73(50-35-29-47(30-36-50)67(4,5)6)53-44-62-64-63(45-53)75-59-25-16-14-21-54(59)69(10,11)56-23-20-24-58(65(56)75)72(64)57-40-39-52(43-61(57)74(62)51-37-31-48(32-38-51)68(7,8)9)76-60-26-17-15-22-55(60)70(12)41-18-19-42-71(70,76)13/h14-17,20-40,43-45H,18-19,41-42H2,1-13H3. The first-order chi connectivity index (χ1) is 36.1. The molecule has 4 heterocycles. The number of fused-ring (bicyclic) bond motifs is 9. The van der Waals surface area contributed by atoms with Crippen molar-refractivity contribution in [2.75, 3.05) is 19.6 Å². The highest BCUT2D eigenvalue weighted by molar-refractivity contribution is 7.00. The van der Waals surface area contributed by atoms with Gasteiger partial charge in [-0.15, -0.1) is 0 Å². The zero-order valence-electron chi connectivity index (χ0n) is 47.4. The van der Waals surface area contributed by atoms with Crippen LogP contribution in [-0.2, 0) is 27.1 Å². The van der Waals surface area contributed by atoms with Gasteiger partial charge in [-0.2, -0.15) is 0 Å². The summed E-state index contributed by atoms with van der Waals surface area (Å²) >= 11 is 0. The van der Waals surface area contributed by atoms with Crippen molar-refractivity contribution in [1.29, 1.82) is 0 Å². The molecule has 4 aliphatic heterocycles. The predicted molar refractivity (Wildman–Crippen MR) is 326 cm³/mol. The van der Waals surface area contributed by atoms with Crippen LogP contribution in [-0.4, -0.2) is 12.3 Å². The van der Waals surface area contributed by atoms with E-state index < -0.39 is 0 Å².